The number of nitriles is 1. The van der Waals surface area contributed by atoms with Crippen molar-refractivity contribution in [2.24, 2.45) is 47.3 Å². The quantitative estimate of drug-likeness (QED) is 0.0437. The van der Waals surface area contributed by atoms with Crippen molar-refractivity contribution in [3.8, 4) is 6.07 Å². The molecule has 2 unspecified atom stereocenters. The SMILES string of the molecule is CC(C)C(=O)C(C)(F)F.CC(C)C(=O)C(C)(F)F.CC(C)C(=O)C(C)C.CC(C)C(=O)CC#N.CC(C)C(=O)CC(C)C(F)(F)F.CC(C)C(=O)c1ccc(Cl)cc1Cl.CCCCOP(C)(=O)C(C)C.CCOP(=O)(OCC)C(C)C. The van der Waals surface area contributed by atoms with Crippen molar-refractivity contribution >= 4 is 72.9 Å². The molecule has 2 atom stereocenters. The van der Waals surface area contributed by atoms with Gasteiger partial charge in [-0.15, -0.1) is 0 Å². The first-order chi connectivity index (χ1) is 36.3. The maximum atomic E-state index is 12.0. The first-order valence-electron chi connectivity index (χ1n) is 27.2. The molecule has 0 aromatic heterocycles. The van der Waals surface area contributed by atoms with E-state index in [0.29, 0.717) is 55.1 Å². The minimum Gasteiger partial charge on any atom is -0.328 e. The Labute approximate surface area is 493 Å². The highest BCUT2D eigenvalue weighted by atomic mass is 35.5. The molecule has 0 spiro atoms. The largest absolute Gasteiger partial charge is 0.391 e. The van der Waals surface area contributed by atoms with E-state index in [0.717, 1.165) is 19.8 Å². The number of hydrogen-bond acceptors (Lipinski definition) is 12. The molecule has 81 heavy (non-hydrogen) atoms. The zero-order chi connectivity index (χ0) is 66.4. The zero-order valence-corrected chi connectivity index (χ0v) is 56.5. The molecule has 0 saturated carbocycles. The smallest absolute Gasteiger partial charge is 0.328 e. The van der Waals surface area contributed by atoms with E-state index in [1.807, 2.05) is 83.1 Å². The van der Waals surface area contributed by atoms with Gasteiger partial charge in [0.1, 0.15) is 17.3 Å². The van der Waals surface area contributed by atoms with Crippen LogP contribution in [0.2, 0.25) is 10.0 Å². The summed E-state index contributed by atoms with van der Waals surface area (Å²) in [5, 5.41) is 8.98. The molecular formula is C58H102Cl2F7NO11P2. The number of carbonyl (C=O) groups excluding carboxylic acids is 6. The molecule has 0 aliphatic carbocycles. The summed E-state index contributed by atoms with van der Waals surface area (Å²) in [7, 11) is -5.09. The minimum absolute atomic E-state index is 0.00894. The van der Waals surface area contributed by atoms with Crippen molar-refractivity contribution in [3.63, 3.8) is 0 Å². The van der Waals surface area contributed by atoms with E-state index in [2.05, 4.69) is 6.92 Å². The van der Waals surface area contributed by atoms with Gasteiger partial charge in [-0.2, -0.15) is 36.0 Å². The second-order valence-corrected chi connectivity index (χ2v) is 28.1. The number of benzene rings is 1. The summed E-state index contributed by atoms with van der Waals surface area (Å²) in [6.45, 7) is 42.8. The molecule has 0 saturated heterocycles. The lowest BCUT2D eigenvalue weighted by molar-refractivity contribution is -0.174. The molecule has 0 bridgehead atoms. The molecule has 23 heteroatoms. The highest BCUT2D eigenvalue weighted by molar-refractivity contribution is 7.58. The average Bonchev–Trinajstić information content (AvgIpc) is 3.31. The molecule has 1 aromatic rings. The van der Waals surface area contributed by atoms with Gasteiger partial charge in [-0.05, 0) is 38.5 Å². The highest BCUT2D eigenvalue weighted by Crippen LogP contribution is 2.52. The predicted molar refractivity (Wildman–Crippen MR) is 317 cm³/mol. The molecule has 12 nitrogen and oxygen atoms in total. The van der Waals surface area contributed by atoms with Gasteiger partial charge in [0.05, 0.1) is 48.9 Å². The van der Waals surface area contributed by atoms with Crippen molar-refractivity contribution in [1.82, 2.24) is 0 Å². The number of hydrogen-bond donors (Lipinski definition) is 0. The van der Waals surface area contributed by atoms with Crippen molar-refractivity contribution in [2.45, 2.75) is 221 Å². The Morgan fingerprint density at radius 2 is 0.963 bits per heavy atom. The molecule has 0 N–H and O–H groups in total. The van der Waals surface area contributed by atoms with Crippen molar-refractivity contribution in [1.29, 1.82) is 5.26 Å². The summed E-state index contributed by atoms with van der Waals surface area (Å²) < 4.78 is 122. The van der Waals surface area contributed by atoms with Crippen molar-refractivity contribution in [3.05, 3.63) is 33.8 Å². The normalized spacial score (nSPS) is 12.5. The Hall–Kier alpha value is -2.84. The lowest BCUT2D eigenvalue weighted by Crippen LogP contribution is -2.28. The molecule has 478 valence electrons. The van der Waals surface area contributed by atoms with E-state index in [1.165, 1.54) is 27.7 Å². The fourth-order valence-electron chi connectivity index (χ4n) is 4.85. The fraction of sp³-hybridized carbons (Fsp3) is 0.776. The lowest BCUT2D eigenvalue weighted by Gasteiger charge is -2.19. The summed E-state index contributed by atoms with van der Waals surface area (Å²) in [5.41, 5.74) is 0.642. The van der Waals surface area contributed by atoms with Gasteiger partial charge in [0, 0.05) is 84.6 Å². The van der Waals surface area contributed by atoms with E-state index in [1.54, 1.807) is 58.6 Å². The van der Waals surface area contributed by atoms with Gasteiger partial charge in [-0.25, -0.2) is 0 Å². The van der Waals surface area contributed by atoms with Gasteiger partial charge in [0.2, 0.25) is 18.9 Å². The second-order valence-electron chi connectivity index (χ2n) is 21.6. The second kappa shape index (κ2) is 46.4. The Bertz CT molecular complexity index is 2030. The van der Waals surface area contributed by atoms with Crippen molar-refractivity contribution < 1.29 is 82.2 Å². The number of nitrogens with zero attached hydrogens (tertiary/aromatic N) is 1. The van der Waals surface area contributed by atoms with E-state index in [4.69, 9.17) is 42.0 Å². The van der Waals surface area contributed by atoms with Crippen molar-refractivity contribution in [2.75, 3.05) is 26.5 Å². The fourth-order valence-corrected chi connectivity index (χ4v) is 7.53. The van der Waals surface area contributed by atoms with Gasteiger partial charge < -0.3 is 13.6 Å². The molecule has 1 rings (SSSR count). The van der Waals surface area contributed by atoms with Crippen LogP contribution in [-0.4, -0.2) is 90.5 Å². The van der Waals surface area contributed by atoms with Gasteiger partial charge in [0.15, 0.2) is 5.78 Å². The third-order valence-electron chi connectivity index (χ3n) is 10.4. The van der Waals surface area contributed by atoms with Crippen LogP contribution >= 0.6 is 38.2 Å². The number of unbranched alkanes of at least 4 members (excludes halogenated alkanes) is 1. The van der Waals surface area contributed by atoms with Gasteiger partial charge in [0.25, 0.3) is 0 Å². The van der Waals surface area contributed by atoms with Crippen LogP contribution in [0.5, 0.6) is 0 Å². The maximum Gasteiger partial charge on any atom is 0.391 e. The number of alkyl halides is 7. The number of rotatable bonds is 23. The topological polar surface area (TPSA) is 188 Å². The third kappa shape index (κ3) is 50.2. The monoisotopic (exact) mass is 1250 g/mol. The Balaban J connectivity index is -0.000000155. The summed E-state index contributed by atoms with van der Waals surface area (Å²) >= 11 is 11.6. The van der Waals surface area contributed by atoms with Crippen LogP contribution in [0, 0.1) is 58.7 Å². The Morgan fingerprint density at radius 1 is 0.580 bits per heavy atom. The van der Waals surface area contributed by atoms with E-state index in [-0.39, 0.29) is 64.7 Å². The van der Waals surface area contributed by atoms with Crippen LogP contribution < -0.4 is 0 Å². The molecular weight excluding hydrogens is 1150 g/mol. The summed E-state index contributed by atoms with van der Waals surface area (Å²) in [6, 6.07) is 6.71. The van der Waals surface area contributed by atoms with Gasteiger partial charge >= 0.3 is 25.6 Å². The number of Topliss-reactive ketones (excluding diaryl/α,β-unsaturated/α-hetero) is 6. The molecule has 0 heterocycles. The maximum absolute atomic E-state index is 12.0. The van der Waals surface area contributed by atoms with Gasteiger partial charge in [-0.1, -0.05) is 168 Å². The third-order valence-corrected chi connectivity index (χ3v) is 16.0. The molecule has 0 fully saturated rings. The molecule has 0 aliphatic heterocycles. The van der Waals surface area contributed by atoms with E-state index >= 15 is 0 Å². The minimum atomic E-state index is -4.25. The van der Waals surface area contributed by atoms with Crippen LogP contribution in [0.25, 0.3) is 0 Å². The average molecular weight is 1260 g/mol. The summed E-state index contributed by atoms with van der Waals surface area (Å²) in [4.78, 5) is 64.6. The zero-order valence-electron chi connectivity index (χ0n) is 53.2. The predicted octanol–water partition coefficient (Wildman–Crippen LogP) is 19.1. The molecule has 1 aromatic carbocycles. The standard InChI is InChI=1S/C10H10Cl2O.C8H13F3O.C8H19O2P.C7H17O3P.C7H14O.2C6H10F2O.C6H9NO/c1-6(2)10(13)8-4-3-7(11)5-9(8)12;1-5(2)7(12)4-6(3)8(9,10)11;1-5-6-7-10-11(4,9)8(2)3;1-5-9-11(8,7(3)4)10-6-2;1-5(2)7(8)6(3)4;2*1-4(2)5(9)6(3,7)8;1-5(2)6(8)3-4-7/h3-6H,1-2H3;5-6H,4H2,1-3H3;8H,5-7H2,1-4H3;7H,5-6H2,1-4H3;5-6H,1-4H3;2*4H,1-3H3;5H,3H2,1-2H3. The Morgan fingerprint density at radius 3 is 1.16 bits per heavy atom. The summed E-state index contributed by atoms with van der Waals surface area (Å²) in [5.74, 6) is -10.8. The van der Waals surface area contributed by atoms with Crippen LogP contribution in [-0.2, 0) is 46.7 Å². The van der Waals surface area contributed by atoms with Gasteiger partial charge in [-0.3, -0.25) is 37.9 Å². The highest BCUT2D eigenvalue weighted by Gasteiger charge is 2.37. The molecule has 0 radical (unpaired) electrons. The number of halogens is 9. The summed E-state index contributed by atoms with van der Waals surface area (Å²) in [6.07, 6.45) is -2.49. The van der Waals surface area contributed by atoms with Crippen LogP contribution in [0.15, 0.2) is 18.2 Å². The first-order valence-corrected chi connectivity index (χ1v) is 31.8. The van der Waals surface area contributed by atoms with Crippen LogP contribution in [0.1, 0.15) is 202 Å². The van der Waals surface area contributed by atoms with Crippen LogP contribution in [0.4, 0.5) is 30.7 Å². The molecule has 0 amide bonds. The number of carbonyl (C=O) groups is 6. The van der Waals surface area contributed by atoms with E-state index < -0.39 is 68.7 Å². The molecule has 0 aliphatic rings. The number of ketones is 6. The first kappa shape index (κ1) is 91.9. The van der Waals surface area contributed by atoms with Crippen LogP contribution in [0.3, 0.4) is 0 Å². The van der Waals surface area contributed by atoms with E-state index in [9.17, 15) is 68.6 Å². The lowest BCUT2D eigenvalue weighted by atomic mass is 9.98. The Kier molecular flexibility index (Phi) is 52.7.